The molecule has 3 N–H and O–H groups in total. The van der Waals surface area contributed by atoms with Crippen molar-refractivity contribution in [1.82, 2.24) is 19.1 Å². The van der Waals surface area contributed by atoms with Crippen molar-refractivity contribution in [1.29, 1.82) is 5.26 Å². The SMILES string of the molecule is Cn1c(=O)[nH]c(=O)c2c1nc(N1CCCC(N)C1)n2[C@H](CC(=O)c1ccsc1)c1ccccc1C#N. The molecule has 4 heterocycles. The largest absolute Gasteiger partial charge is 0.341 e. The van der Waals surface area contributed by atoms with E-state index in [2.05, 4.69) is 11.1 Å². The molecule has 4 aromatic rings. The maximum absolute atomic E-state index is 13.4. The Morgan fingerprint density at radius 3 is 2.86 bits per heavy atom. The first kappa shape index (κ1) is 23.7. The number of hydrogen-bond acceptors (Lipinski definition) is 8. The van der Waals surface area contributed by atoms with Crippen molar-refractivity contribution < 1.29 is 4.79 Å². The van der Waals surface area contributed by atoms with Gasteiger partial charge in [-0.15, -0.1) is 0 Å². The number of nitrogens with one attached hydrogen (secondary N) is 1. The highest BCUT2D eigenvalue weighted by atomic mass is 32.1. The number of aromatic nitrogens is 4. The van der Waals surface area contributed by atoms with Gasteiger partial charge in [-0.2, -0.15) is 21.6 Å². The Morgan fingerprint density at radius 2 is 2.14 bits per heavy atom. The van der Waals surface area contributed by atoms with Gasteiger partial charge in [0.15, 0.2) is 16.9 Å². The molecule has 2 atom stereocenters. The average Bonchev–Trinajstić information content (AvgIpc) is 3.55. The van der Waals surface area contributed by atoms with Gasteiger partial charge in [0.25, 0.3) is 5.56 Å². The van der Waals surface area contributed by atoms with Crippen LogP contribution in [0.5, 0.6) is 0 Å². The molecule has 184 valence electrons. The second-order valence-electron chi connectivity index (χ2n) is 8.97. The Labute approximate surface area is 210 Å². The van der Waals surface area contributed by atoms with E-state index in [9.17, 15) is 19.6 Å². The molecular weight excluding hydrogens is 478 g/mol. The van der Waals surface area contributed by atoms with E-state index in [-0.39, 0.29) is 29.4 Å². The lowest BCUT2D eigenvalue weighted by molar-refractivity contribution is 0.0970. The molecule has 1 fully saturated rings. The molecular formula is C25H25N7O3S. The van der Waals surface area contributed by atoms with Crippen LogP contribution in [0.4, 0.5) is 5.95 Å². The summed E-state index contributed by atoms with van der Waals surface area (Å²) in [6, 6.07) is 10.2. The summed E-state index contributed by atoms with van der Waals surface area (Å²) in [5.41, 5.74) is 7.02. The van der Waals surface area contributed by atoms with Gasteiger partial charge in [0.2, 0.25) is 5.95 Å². The van der Waals surface area contributed by atoms with Crippen LogP contribution in [-0.2, 0) is 7.05 Å². The number of ketones is 1. The summed E-state index contributed by atoms with van der Waals surface area (Å²) in [5.74, 6) is 0.320. The van der Waals surface area contributed by atoms with Crippen LogP contribution in [0, 0.1) is 11.3 Å². The number of H-pyrrole nitrogens is 1. The van der Waals surface area contributed by atoms with Gasteiger partial charge < -0.3 is 10.6 Å². The first-order chi connectivity index (χ1) is 17.4. The van der Waals surface area contributed by atoms with Crippen molar-refractivity contribution in [3.05, 3.63) is 78.6 Å². The van der Waals surface area contributed by atoms with Gasteiger partial charge in [0.05, 0.1) is 17.7 Å². The third kappa shape index (κ3) is 4.14. The van der Waals surface area contributed by atoms with E-state index in [0.29, 0.717) is 35.7 Å². The molecule has 0 spiro atoms. The average molecular weight is 504 g/mol. The number of aromatic amines is 1. The van der Waals surface area contributed by atoms with E-state index in [1.54, 1.807) is 47.3 Å². The van der Waals surface area contributed by atoms with Crippen LogP contribution in [0.15, 0.2) is 50.7 Å². The fraction of sp³-hybridized carbons (Fsp3) is 0.320. The Morgan fingerprint density at radius 1 is 1.33 bits per heavy atom. The maximum atomic E-state index is 13.4. The summed E-state index contributed by atoms with van der Waals surface area (Å²) in [4.78, 5) is 48.1. The van der Waals surface area contributed by atoms with Crippen molar-refractivity contribution >= 4 is 34.2 Å². The van der Waals surface area contributed by atoms with Crippen LogP contribution in [-0.4, -0.2) is 44.0 Å². The van der Waals surface area contributed by atoms with Gasteiger partial charge in [0, 0.05) is 43.5 Å². The molecule has 1 aromatic carbocycles. The fourth-order valence-corrected chi connectivity index (χ4v) is 5.51. The molecule has 10 nitrogen and oxygen atoms in total. The molecule has 36 heavy (non-hydrogen) atoms. The number of nitrogens with zero attached hydrogens (tertiary/aromatic N) is 5. The third-order valence-corrected chi connectivity index (χ3v) is 7.33. The quantitative estimate of drug-likeness (QED) is 0.384. The number of thiophene rings is 1. The molecule has 1 aliphatic heterocycles. The number of piperidine rings is 1. The number of aryl methyl sites for hydroxylation is 1. The fourth-order valence-electron chi connectivity index (χ4n) is 4.85. The zero-order valence-electron chi connectivity index (χ0n) is 19.7. The minimum Gasteiger partial charge on any atom is -0.341 e. The first-order valence-corrected chi connectivity index (χ1v) is 12.6. The van der Waals surface area contributed by atoms with Crippen molar-refractivity contribution in [3.8, 4) is 6.07 Å². The van der Waals surface area contributed by atoms with E-state index in [4.69, 9.17) is 10.7 Å². The van der Waals surface area contributed by atoms with Crippen molar-refractivity contribution in [2.24, 2.45) is 12.8 Å². The Bertz CT molecular complexity index is 1590. The number of carbonyl (C=O) groups excluding carboxylic acids is 1. The molecule has 3 aromatic heterocycles. The van der Waals surface area contributed by atoms with Gasteiger partial charge in [-0.3, -0.25) is 23.7 Å². The number of benzene rings is 1. The number of hydrogen-bond donors (Lipinski definition) is 2. The van der Waals surface area contributed by atoms with Crippen LogP contribution in [0.1, 0.15) is 46.8 Å². The molecule has 0 aliphatic carbocycles. The Balaban J connectivity index is 1.81. The second-order valence-corrected chi connectivity index (χ2v) is 9.75. The lowest BCUT2D eigenvalue weighted by Gasteiger charge is -2.33. The zero-order valence-corrected chi connectivity index (χ0v) is 20.5. The van der Waals surface area contributed by atoms with Gasteiger partial charge in [-0.1, -0.05) is 18.2 Å². The Kier molecular flexibility index (Phi) is 6.30. The van der Waals surface area contributed by atoms with Gasteiger partial charge in [-0.05, 0) is 35.9 Å². The number of nitriles is 1. The molecule has 0 bridgehead atoms. The second kappa shape index (κ2) is 9.56. The summed E-state index contributed by atoms with van der Waals surface area (Å²) in [6.45, 7) is 1.17. The highest BCUT2D eigenvalue weighted by Crippen LogP contribution is 2.34. The molecule has 0 saturated carbocycles. The van der Waals surface area contributed by atoms with Gasteiger partial charge in [-0.25, -0.2) is 4.79 Å². The minimum atomic E-state index is -0.718. The number of carbonyl (C=O) groups is 1. The molecule has 1 unspecified atom stereocenters. The Hall–Kier alpha value is -4.01. The van der Waals surface area contributed by atoms with Crippen LogP contribution in [0.3, 0.4) is 0 Å². The van der Waals surface area contributed by atoms with Crippen molar-refractivity contribution in [2.75, 3.05) is 18.0 Å². The van der Waals surface area contributed by atoms with E-state index in [0.717, 1.165) is 12.8 Å². The standard InChI is InChI=1S/C25H25N7O3S/c1-30-22-21(23(34)29-25(30)35)32(24(28-22)31-9-4-6-17(27)13-31)19(11-20(33)16-8-10-36-14-16)18-7-3-2-5-15(18)12-26/h2-3,5,7-8,10,14,17,19H,4,6,9,11,13,27H2,1H3,(H,29,34,35)/t17?,19-/m1/s1. The third-order valence-electron chi connectivity index (χ3n) is 6.65. The van der Waals surface area contributed by atoms with Crippen molar-refractivity contribution in [3.63, 3.8) is 0 Å². The van der Waals surface area contributed by atoms with Crippen LogP contribution < -0.4 is 21.9 Å². The van der Waals surface area contributed by atoms with Crippen LogP contribution in [0.2, 0.25) is 0 Å². The number of fused-ring (bicyclic) bond motifs is 1. The number of nitrogens with two attached hydrogens (primary N) is 1. The van der Waals surface area contributed by atoms with E-state index in [1.807, 2.05) is 10.3 Å². The van der Waals surface area contributed by atoms with E-state index in [1.165, 1.54) is 15.9 Å². The summed E-state index contributed by atoms with van der Waals surface area (Å²) in [5, 5.41) is 13.5. The molecule has 5 rings (SSSR count). The van der Waals surface area contributed by atoms with Crippen LogP contribution in [0.25, 0.3) is 11.2 Å². The summed E-state index contributed by atoms with van der Waals surface area (Å²) in [6.07, 6.45) is 1.70. The first-order valence-electron chi connectivity index (χ1n) is 11.6. The summed E-state index contributed by atoms with van der Waals surface area (Å²) in [7, 11) is 1.54. The molecule has 11 heteroatoms. The van der Waals surface area contributed by atoms with Crippen molar-refractivity contribution in [2.45, 2.75) is 31.3 Å². The highest BCUT2D eigenvalue weighted by molar-refractivity contribution is 7.08. The zero-order chi connectivity index (χ0) is 25.4. The normalized spacial score (nSPS) is 16.7. The smallest absolute Gasteiger partial charge is 0.329 e. The maximum Gasteiger partial charge on any atom is 0.329 e. The number of anilines is 1. The van der Waals surface area contributed by atoms with Gasteiger partial charge in [0.1, 0.15) is 0 Å². The minimum absolute atomic E-state index is 0.00391. The highest BCUT2D eigenvalue weighted by Gasteiger charge is 2.32. The predicted octanol–water partition coefficient (Wildman–Crippen LogP) is 2.15. The number of Topliss-reactive ketones (excluding diaryl/α,β-unsaturated/α-hetero) is 1. The predicted molar refractivity (Wildman–Crippen MR) is 138 cm³/mol. The summed E-state index contributed by atoms with van der Waals surface area (Å²) < 4.78 is 3.00. The number of imidazole rings is 1. The molecule has 0 amide bonds. The summed E-state index contributed by atoms with van der Waals surface area (Å²) >= 11 is 1.42. The lowest BCUT2D eigenvalue weighted by Crippen LogP contribution is -2.44. The van der Waals surface area contributed by atoms with Crippen LogP contribution >= 0.6 is 11.3 Å². The molecule has 1 aliphatic rings. The molecule has 0 radical (unpaired) electrons. The van der Waals surface area contributed by atoms with E-state index >= 15 is 0 Å². The van der Waals surface area contributed by atoms with Gasteiger partial charge >= 0.3 is 5.69 Å². The molecule has 1 saturated heterocycles. The topological polar surface area (TPSA) is 143 Å². The number of rotatable bonds is 6. The van der Waals surface area contributed by atoms with E-state index < -0.39 is 17.3 Å². The lowest BCUT2D eigenvalue weighted by atomic mass is 9.95. The monoisotopic (exact) mass is 503 g/mol.